The highest BCUT2D eigenvalue weighted by Crippen LogP contribution is 2.48. The van der Waals surface area contributed by atoms with Crippen molar-refractivity contribution in [3.63, 3.8) is 0 Å². The molecule has 2 rings (SSSR count). The number of esters is 1. The number of hydrogen-bond donors (Lipinski definition) is 1. The lowest BCUT2D eigenvalue weighted by Crippen LogP contribution is -2.50. The Kier molecular flexibility index (Phi) is 2.70. The fourth-order valence-electron chi connectivity index (χ4n) is 3.08. The number of fused-ring (bicyclic) bond motifs is 2. The van der Waals surface area contributed by atoms with E-state index in [2.05, 4.69) is 4.74 Å². The van der Waals surface area contributed by atoms with Crippen LogP contribution in [-0.2, 0) is 9.53 Å². The van der Waals surface area contributed by atoms with Gasteiger partial charge in [0.1, 0.15) is 0 Å². The Morgan fingerprint density at radius 2 is 2.31 bits per heavy atom. The number of ether oxygens (including phenoxy) is 1. The van der Waals surface area contributed by atoms with Gasteiger partial charge in [-0.15, -0.1) is 5.76 Å². The third-order valence-electron chi connectivity index (χ3n) is 4.12. The maximum atomic E-state index is 11.9. The Balaban J connectivity index is 2.41. The molecule has 0 aromatic heterocycles. The number of rotatable bonds is 1. The summed E-state index contributed by atoms with van der Waals surface area (Å²) in [5.74, 6) is -0.927. The Bertz CT molecular complexity index is 347. The van der Waals surface area contributed by atoms with E-state index in [1.807, 2.05) is 6.92 Å². The summed E-state index contributed by atoms with van der Waals surface area (Å²) in [6.45, 7) is 1.92. The second-order valence-electron chi connectivity index (χ2n) is 4.90. The number of hydrogen-bond acceptors (Lipinski definition) is 4. The first-order chi connectivity index (χ1) is 7.49. The second kappa shape index (κ2) is 3.77. The van der Waals surface area contributed by atoms with Crippen molar-refractivity contribution in [2.45, 2.75) is 38.2 Å². The molecule has 1 saturated carbocycles. The van der Waals surface area contributed by atoms with E-state index in [0.29, 0.717) is 6.42 Å². The van der Waals surface area contributed by atoms with Crippen molar-refractivity contribution in [1.29, 1.82) is 0 Å². The molecule has 3 atom stereocenters. The zero-order valence-electron chi connectivity index (χ0n) is 9.66. The summed E-state index contributed by atoms with van der Waals surface area (Å²) in [7, 11) is 1.29. The van der Waals surface area contributed by atoms with Crippen LogP contribution in [0.2, 0.25) is 0 Å². The second-order valence-corrected chi connectivity index (χ2v) is 4.90. The van der Waals surface area contributed by atoms with Crippen molar-refractivity contribution < 1.29 is 19.7 Å². The SMILES string of the molecule is COC(=O)C1=C([O-])C[C@@]2(O)CCCC1C2C. The number of methoxy groups -OCH3 is 1. The van der Waals surface area contributed by atoms with Crippen molar-refractivity contribution in [2.24, 2.45) is 11.8 Å². The van der Waals surface area contributed by atoms with E-state index in [9.17, 15) is 15.0 Å². The fourth-order valence-corrected chi connectivity index (χ4v) is 3.08. The smallest absolute Gasteiger partial charge is 0.333 e. The molecule has 1 fully saturated rings. The monoisotopic (exact) mass is 225 g/mol. The van der Waals surface area contributed by atoms with Crippen LogP contribution in [0.25, 0.3) is 0 Å². The molecule has 90 valence electrons. The summed E-state index contributed by atoms with van der Waals surface area (Å²) >= 11 is 0. The molecule has 2 aliphatic carbocycles. The van der Waals surface area contributed by atoms with Crippen molar-refractivity contribution >= 4 is 5.97 Å². The molecule has 0 amide bonds. The van der Waals surface area contributed by atoms with E-state index in [-0.39, 0.29) is 29.6 Å². The van der Waals surface area contributed by atoms with Gasteiger partial charge in [-0.3, -0.25) is 0 Å². The molecule has 0 heterocycles. The number of carbonyl (C=O) groups excluding carboxylic acids is 1. The molecule has 4 nitrogen and oxygen atoms in total. The van der Waals surface area contributed by atoms with Gasteiger partial charge in [-0.1, -0.05) is 6.92 Å². The Labute approximate surface area is 94.9 Å². The van der Waals surface area contributed by atoms with Crippen molar-refractivity contribution in [3.05, 3.63) is 11.3 Å². The molecule has 1 N–H and O–H groups in total. The number of aliphatic hydroxyl groups is 1. The molecule has 0 spiro atoms. The molecule has 0 aromatic rings. The van der Waals surface area contributed by atoms with Gasteiger partial charge in [0.2, 0.25) is 0 Å². The first-order valence-electron chi connectivity index (χ1n) is 5.70. The average Bonchev–Trinajstić information content (AvgIpc) is 2.22. The van der Waals surface area contributed by atoms with Crippen molar-refractivity contribution in [3.8, 4) is 0 Å². The van der Waals surface area contributed by atoms with Crippen LogP contribution in [0, 0.1) is 11.8 Å². The molecule has 0 aromatic carbocycles. The lowest BCUT2D eigenvalue weighted by atomic mass is 9.62. The Morgan fingerprint density at radius 1 is 1.62 bits per heavy atom. The standard InChI is InChI=1S/C12H18O4/c1-7-8-4-3-5-12(7,15)6-9(13)10(8)11(14)16-2/h7-8,13,15H,3-6H2,1-2H3/p-1/t7?,8?,12-/m0/s1. The molecular weight excluding hydrogens is 208 g/mol. The normalized spacial score (nSPS) is 38.4. The van der Waals surface area contributed by atoms with Crippen LogP contribution in [0.4, 0.5) is 0 Å². The summed E-state index contributed by atoms with van der Waals surface area (Å²) in [4.78, 5) is 11.6. The van der Waals surface area contributed by atoms with E-state index in [4.69, 9.17) is 0 Å². The fraction of sp³-hybridized carbons (Fsp3) is 0.750. The highest BCUT2D eigenvalue weighted by atomic mass is 16.5. The number of carbonyl (C=O) groups is 1. The topological polar surface area (TPSA) is 69.6 Å². The van der Waals surface area contributed by atoms with Crippen LogP contribution in [0.5, 0.6) is 0 Å². The largest absolute Gasteiger partial charge is 0.875 e. The summed E-state index contributed by atoms with van der Waals surface area (Å²) in [5, 5.41) is 22.2. The predicted octanol–water partition coefficient (Wildman–Crippen LogP) is 0.345. The molecule has 2 aliphatic rings. The first kappa shape index (κ1) is 11.5. The van der Waals surface area contributed by atoms with Crippen molar-refractivity contribution in [2.75, 3.05) is 7.11 Å². The van der Waals surface area contributed by atoms with Crippen LogP contribution < -0.4 is 5.11 Å². The molecule has 2 bridgehead atoms. The summed E-state index contributed by atoms with van der Waals surface area (Å²) in [5.41, 5.74) is -0.642. The van der Waals surface area contributed by atoms with Gasteiger partial charge in [-0.05, 0) is 37.5 Å². The molecule has 0 radical (unpaired) electrons. The van der Waals surface area contributed by atoms with E-state index in [0.717, 1.165) is 12.8 Å². The van der Waals surface area contributed by atoms with Crippen molar-refractivity contribution in [1.82, 2.24) is 0 Å². The minimum atomic E-state index is -0.905. The summed E-state index contributed by atoms with van der Waals surface area (Å²) in [6.07, 6.45) is 2.37. The lowest BCUT2D eigenvalue weighted by Gasteiger charge is -2.50. The Hall–Kier alpha value is -1.03. The van der Waals surface area contributed by atoms with Crippen LogP contribution in [-0.4, -0.2) is 23.8 Å². The predicted molar refractivity (Wildman–Crippen MR) is 55.1 cm³/mol. The third kappa shape index (κ3) is 1.52. The van der Waals surface area contributed by atoms with E-state index < -0.39 is 11.6 Å². The van der Waals surface area contributed by atoms with Gasteiger partial charge < -0.3 is 14.9 Å². The van der Waals surface area contributed by atoms with E-state index in [1.165, 1.54) is 7.11 Å². The molecular formula is C12H17O4-. The third-order valence-corrected chi connectivity index (χ3v) is 4.12. The van der Waals surface area contributed by atoms with Gasteiger partial charge in [0.05, 0.1) is 12.7 Å². The zero-order valence-corrected chi connectivity index (χ0v) is 9.66. The van der Waals surface area contributed by atoms with E-state index >= 15 is 0 Å². The van der Waals surface area contributed by atoms with Gasteiger partial charge in [-0.2, -0.15) is 0 Å². The molecule has 0 saturated heterocycles. The lowest BCUT2D eigenvalue weighted by molar-refractivity contribution is -0.321. The molecule has 4 heteroatoms. The van der Waals surface area contributed by atoms with Gasteiger partial charge in [-0.25, -0.2) is 4.79 Å². The van der Waals surface area contributed by atoms with Gasteiger partial charge in [0, 0.05) is 5.57 Å². The van der Waals surface area contributed by atoms with Gasteiger partial charge >= 0.3 is 5.97 Å². The molecule has 0 aliphatic heterocycles. The van der Waals surface area contributed by atoms with E-state index in [1.54, 1.807) is 0 Å². The minimum Gasteiger partial charge on any atom is -0.875 e. The van der Waals surface area contributed by atoms with Gasteiger partial charge in [0.25, 0.3) is 0 Å². The van der Waals surface area contributed by atoms with Crippen LogP contribution in [0.1, 0.15) is 32.6 Å². The highest BCUT2D eigenvalue weighted by molar-refractivity contribution is 5.89. The summed E-state index contributed by atoms with van der Waals surface area (Å²) < 4.78 is 4.65. The first-order valence-corrected chi connectivity index (χ1v) is 5.70. The summed E-state index contributed by atoms with van der Waals surface area (Å²) in [6, 6.07) is 0. The average molecular weight is 225 g/mol. The maximum Gasteiger partial charge on any atom is 0.333 e. The highest BCUT2D eigenvalue weighted by Gasteiger charge is 2.47. The van der Waals surface area contributed by atoms with Gasteiger partial charge in [0.15, 0.2) is 0 Å². The maximum absolute atomic E-state index is 11.9. The minimum absolute atomic E-state index is 0.0342. The zero-order chi connectivity index (χ0) is 11.9. The van der Waals surface area contributed by atoms with Crippen LogP contribution >= 0.6 is 0 Å². The van der Waals surface area contributed by atoms with Crippen LogP contribution in [0.3, 0.4) is 0 Å². The Morgan fingerprint density at radius 3 is 2.94 bits per heavy atom. The molecule has 2 unspecified atom stereocenters. The van der Waals surface area contributed by atoms with Crippen LogP contribution in [0.15, 0.2) is 11.3 Å². The molecule has 16 heavy (non-hydrogen) atoms. The quantitative estimate of drug-likeness (QED) is 0.653.